The van der Waals surface area contributed by atoms with Crippen LogP contribution < -0.4 is 20.1 Å². The number of rotatable bonds is 8. The third kappa shape index (κ3) is 7.59. The zero-order chi connectivity index (χ0) is 22.1. The molecule has 0 aliphatic rings. The van der Waals surface area contributed by atoms with E-state index >= 15 is 0 Å². The summed E-state index contributed by atoms with van der Waals surface area (Å²) < 4.78 is 48.8. The summed E-state index contributed by atoms with van der Waals surface area (Å²) in [5, 5.41) is 6.16. The zero-order valence-electron chi connectivity index (χ0n) is 17.1. The van der Waals surface area contributed by atoms with E-state index < -0.39 is 12.4 Å². The van der Waals surface area contributed by atoms with E-state index in [2.05, 4.69) is 25.3 Å². The molecule has 0 spiro atoms. The van der Waals surface area contributed by atoms with Crippen molar-refractivity contribution in [2.45, 2.75) is 19.7 Å². The Morgan fingerprint density at radius 1 is 1.00 bits per heavy atom. The van der Waals surface area contributed by atoms with Gasteiger partial charge in [-0.05, 0) is 24.3 Å². The Bertz CT molecular complexity index is 1040. The summed E-state index contributed by atoms with van der Waals surface area (Å²) >= 11 is 0. The van der Waals surface area contributed by atoms with E-state index in [1.807, 2.05) is 6.07 Å². The summed E-state index contributed by atoms with van der Waals surface area (Å²) in [6.45, 7) is -2.36. The lowest BCUT2D eigenvalue weighted by molar-refractivity contribution is -0.0504. The molecule has 3 rings (SSSR count). The van der Waals surface area contributed by atoms with Gasteiger partial charge in [0.1, 0.15) is 17.3 Å². The van der Waals surface area contributed by atoms with Crippen molar-refractivity contribution in [3.63, 3.8) is 0 Å². The average Bonchev–Trinajstić information content (AvgIpc) is 2.75. The number of para-hydroxylation sites is 1. The molecule has 10 heteroatoms. The Kier molecular flexibility index (Phi) is 10.1. The number of nitrogens with zero attached hydrogens (tertiary/aromatic N) is 2. The molecule has 0 atom stereocenters. The first kappa shape index (κ1) is 25.2. The number of benzene rings is 2. The Morgan fingerprint density at radius 2 is 1.72 bits per heavy atom. The number of halogens is 4. The fraction of sp³-hybridized carbons (Fsp3) is 0.182. The lowest BCUT2D eigenvalue weighted by Gasteiger charge is -2.15. The van der Waals surface area contributed by atoms with Gasteiger partial charge in [0.25, 0.3) is 0 Å². The lowest BCUT2D eigenvalue weighted by atomic mass is 10.2. The number of hydrogen-bond donors (Lipinski definition) is 2. The number of nitrogens with one attached hydrogen (secondary N) is 2. The number of alkyl halides is 2. The molecule has 0 bridgehead atoms. The predicted octanol–water partition coefficient (Wildman–Crippen LogP) is 5.10. The first-order valence-corrected chi connectivity index (χ1v) is 9.39. The van der Waals surface area contributed by atoms with Crippen LogP contribution in [0.2, 0.25) is 0 Å². The quantitative estimate of drug-likeness (QED) is 0.229. The van der Waals surface area contributed by atoms with Crippen molar-refractivity contribution < 1.29 is 22.6 Å². The Balaban J connectivity index is 0.00000363. The largest absolute Gasteiger partial charge is 0.439 e. The summed E-state index contributed by atoms with van der Waals surface area (Å²) in [5.74, 6) is 0.782. The van der Waals surface area contributed by atoms with Crippen molar-refractivity contribution in [2.24, 2.45) is 4.99 Å². The molecular weight excluding hydrogens is 536 g/mol. The van der Waals surface area contributed by atoms with E-state index in [0.717, 1.165) is 5.56 Å². The van der Waals surface area contributed by atoms with Crippen molar-refractivity contribution in [3.05, 3.63) is 83.8 Å². The van der Waals surface area contributed by atoms with E-state index in [-0.39, 0.29) is 36.3 Å². The van der Waals surface area contributed by atoms with Crippen LogP contribution in [0.1, 0.15) is 11.1 Å². The maximum atomic E-state index is 13.4. The van der Waals surface area contributed by atoms with Crippen LogP contribution in [-0.4, -0.2) is 24.6 Å². The van der Waals surface area contributed by atoms with Gasteiger partial charge in [-0.1, -0.05) is 30.3 Å². The van der Waals surface area contributed by atoms with Crippen molar-refractivity contribution in [3.8, 4) is 17.4 Å². The number of ether oxygens (including phenoxy) is 2. The van der Waals surface area contributed by atoms with Gasteiger partial charge in [0.2, 0.25) is 5.88 Å². The lowest BCUT2D eigenvalue weighted by Crippen LogP contribution is -2.36. The Labute approximate surface area is 200 Å². The minimum atomic E-state index is -2.90. The molecule has 0 radical (unpaired) electrons. The molecule has 0 amide bonds. The minimum Gasteiger partial charge on any atom is -0.439 e. The van der Waals surface area contributed by atoms with Crippen molar-refractivity contribution in [1.82, 2.24) is 15.6 Å². The van der Waals surface area contributed by atoms with Gasteiger partial charge < -0.3 is 20.1 Å². The topological polar surface area (TPSA) is 67.8 Å². The molecule has 0 unspecified atom stereocenters. The van der Waals surface area contributed by atoms with Crippen LogP contribution in [0, 0.1) is 5.82 Å². The summed E-state index contributed by atoms with van der Waals surface area (Å²) in [7, 11) is 1.59. The number of aromatic nitrogens is 1. The second-order valence-electron chi connectivity index (χ2n) is 6.29. The fourth-order valence-electron chi connectivity index (χ4n) is 2.73. The van der Waals surface area contributed by atoms with Crippen LogP contribution in [0.4, 0.5) is 13.2 Å². The molecule has 0 saturated heterocycles. The second kappa shape index (κ2) is 12.7. The normalized spacial score (nSPS) is 11.0. The smallest absolute Gasteiger partial charge is 0.387 e. The summed E-state index contributed by atoms with van der Waals surface area (Å²) in [4.78, 5) is 8.34. The fourth-order valence-corrected chi connectivity index (χ4v) is 2.73. The van der Waals surface area contributed by atoms with Gasteiger partial charge in [-0.2, -0.15) is 8.78 Å². The molecule has 32 heavy (non-hydrogen) atoms. The zero-order valence-corrected chi connectivity index (χ0v) is 19.4. The van der Waals surface area contributed by atoms with Gasteiger partial charge >= 0.3 is 6.61 Å². The Hall–Kier alpha value is -3.02. The summed E-state index contributed by atoms with van der Waals surface area (Å²) in [5.41, 5.74) is 1.28. The summed E-state index contributed by atoms with van der Waals surface area (Å²) in [6, 6.07) is 15.9. The van der Waals surface area contributed by atoms with Gasteiger partial charge in [0.05, 0.1) is 0 Å². The molecule has 1 heterocycles. The molecule has 6 nitrogen and oxygen atoms in total. The van der Waals surface area contributed by atoms with Crippen molar-refractivity contribution in [2.75, 3.05) is 7.05 Å². The van der Waals surface area contributed by atoms with Gasteiger partial charge in [0.15, 0.2) is 5.96 Å². The highest BCUT2D eigenvalue weighted by molar-refractivity contribution is 14.0. The molecule has 0 fully saturated rings. The summed E-state index contributed by atoms with van der Waals surface area (Å²) in [6.07, 6.45) is 1.57. The molecule has 1 aromatic heterocycles. The molecule has 3 aromatic rings. The van der Waals surface area contributed by atoms with Crippen LogP contribution in [0.3, 0.4) is 0 Å². The minimum absolute atomic E-state index is 0. The molecule has 0 aliphatic carbocycles. The van der Waals surface area contributed by atoms with Gasteiger partial charge in [-0.15, -0.1) is 24.0 Å². The van der Waals surface area contributed by atoms with Gasteiger partial charge in [-0.25, -0.2) is 9.37 Å². The SMILES string of the molecule is CN=C(NCc1ccccc1OC(F)F)NCc1cccnc1Oc1cccc(F)c1.I. The standard InChI is InChI=1S/C22H21F3N4O2.HI/c1-26-22(28-13-15-6-2-3-10-19(15)31-21(24)25)29-14-16-7-5-11-27-20(16)30-18-9-4-8-17(23)12-18;/h2-12,21H,13-14H2,1H3,(H2,26,28,29);1H. The number of pyridine rings is 1. The first-order valence-electron chi connectivity index (χ1n) is 9.39. The number of aliphatic imine (C=N–C) groups is 1. The van der Waals surface area contributed by atoms with Crippen molar-refractivity contribution in [1.29, 1.82) is 0 Å². The van der Waals surface area contributed by atoms with Crippen LogP contribution in [0.25, 0.3) is 0 Å². The third-order valence-electron chi connectivity index (χ3n) is 4.17. The second-order valence-corrected chi connectivity index (χ2v) is 6.29. The molecule has 2 aromatic carbocycles. The predicted molar refractivity (Wildman–Crippen MR) is 126 cm³/mol. The third-order valence-corrected chi connectivity index (χ3v) is 4.17. The highest BCUT2D eigenvalue weighted by Gasteiger charge is 2.11. The Morgan fingerprint density at radius 3 is 2.44 bits per heavy atom. The van der Waals surface area contributed by atoms with E-state index in [4.69, 9.17) is 4.74 Å². The molecule has 2 N–H and O–H groups in total. The number of hydrogen-bond acceptors (Lipinski definition) is 4. The van der Waals surface area contributed by atoms with E-state index in [1.54, 1.807) is 49.6 Å². The van der Waals surface area contributed by atoms with E-state index in [9.17, 15) is 13.2 Å². The van der Waals surface area contributed by atoms with E-state index in [0.29, 0.717) is 29.7 Å². The highest BCUT2D eigenvalue weighted by atomic mass is 127. The van der Waals surface area contributed by atoms with Crippen LogP contribution in [0.5, 0.6) is 17.4 Å². The molecule has 0 aliphatic heterocycles. The van der Waals surface area contributed by atoms with Gasteiger partial charge in [0, 0.05) is 43.5 Å². The van der Waals surface area contributed by atoms with Crippen molar-refractivity contribution >= 4 is 29.9 Å². The highest BCUT2D eigenvalue weighted by Crippen LogP contribution is 2.23. The molecule has 170 valence electrons. The van der Waals surface area contributed by atoms with Crippen LogP contribution in [-0.2, 0) is 13.1 Å². The van der Waals surface area contributed by atoms with Crippen LogP contribution in [0.15, 0.2) is 71.9 Å². The number of guanidine groups is 1. The maximum absolute atomic E-state index is 13.4. The van der Waals surface area contributed by atoms with Gasteiger partial charge in [-0.3, -0.25) is 4.99 Å². The maximum Gasteiger partial charge on any atom is 0.387 e. The monoisotopic (exact) mass is 558 g/mol. The van der Waals surface area contributed by atoms with Crippen LogP contribution >= 0.6 is 24.0 Å². The molecule has 0 saturated carbocycles. The first-order chi connectivity index (χ1) is 15.0. The van der Waals surface area contributed by atoms with E-state index in [1.165, 1.54) is 18.2 Å². The average molecular weight is 558 g/mol. The molecular formula is C22H22F3IN4O2.